The fraction of sp³-hybridized carbons (Fsp3) is 0.111. The van der Waals surface area contributed by atoms with Crippen LogP contribution in [0, 0.1) is 17.1 Å². The van der Waals surface area contributed by atoms with Crippen molar-refractivity contribution in [2.24, 2.45) is 0 Å². The van der Waals surface area contributed by atoms with E-state index in [1.54, 1.807) is 16.7 Å². The number of carbonyl (C=O) groups is 2. The van der Waals surface area contributed by atoms with E-state index in [0.29, 0.717) is 5.56 Å². The number of pyridine rings is 1. The van der Waals surface area contributed by atoms with E-state index in [4.69, 9.17) is 16.7 Å². The number of aromatic hydroxyl groups is 1. The lowest BCUT2D eigenvalue weighted by Crippen LogP contribution is -2.30. The largest absolute Gasteiger partial charge is 0.505 e. The molecule has 0 fully saturated rings. The molecular weight excluding hydrogens is 391 g/mol. The van der Waals surface area contributed by atoms with Gasteiger partial charge >= 0.3 is 5.97 Å². The van der Waals surface area contributed by atoms with Crippen molar-refractivity contribution in [3.8, 4) is 11.8 Å². The third-order valence-electron chi connectivity index (χ3n) is 3.93. The lowest BCUT2D eigenvalue weighted by atomic mass is 10.1. The number of hydrogen-bond acceptors (Lipinski definition) is 5. The molecule has 142 valence electrons. The highest BCUT2D eigenvalue weighted by Gasteiger charge is 2.24. The van der Waals surface area contributed by atoms with E-state index >= 15 is 0 Å². The number of carboxylic acid groups (broad SMARTS) is 1. The van der Waals surface area contributed by atoms with Crippen LogP contribution < -0.4 is 5.32 Å². The van der Waals surface area contributed by atoms with E-state index in [9.17, 15) is 24.3 Å². The van der Waals surface area contributed by atoms with Gasteiger partial charge in [-0.3, -0.25) is 9.59 Å². The number of carboxylic acids is 1. The predicted molar refractivity (Wildman–Crippen MR) is 96.6 cm³/mol. The van der Waals surface area contributed by atoms with Crippen LogP contribution in [-0.2, 0) is 11.3 Å². The number of nitriles is 1. The van der Waals surface area contributed by atoms with Crippen molar-refractivity contribution in [3.05, 3.63) is 58.3 Å². The summed E-state index contributed by atoms with van der Waals surface area (Å²) in [5, 5.41) is 30.8. The van der Waals surface area contributed by atoms with Gasteiger partial charge in [0.15, 0.2) is 17.1 Å². The van der Waals surface area contributed by atoms with Gasteiger partial charge in [0.1, 0.15) is 18.4 Å². The molecule has 0 saturated carbocycles. The number of nitrogens with zero attached hydrogens (tertiary/aromatic N) is 3. The quantitative estimate of drug-likeness (QED) is 0.600. The summed E-state index contributed by atoms with van der Waals surface area (Å²) in [7, 11) is 0. The molecule has 28 heavy (non-hydrogen) atoms. The number of nitrogens with one attached hydrogen (secondary N) is 1. The highest BCUT2D eigenvalue weighted by molar-refractivity contribution is 6.36. The summed E-state index contributed by atoms with van der Waals surface area (Å²) in [6.07, 6.45) is 1.46. The van der Waals surface area contributed by atoms with Gasteiger partial charge in [0.05, 0.1) is 15.9 Å². The van der Waals surface area contributed by atoms with Crippen LogP contribution in [0.15, 0.2) is 30.5 Å². The Morgan fingerprint density at radius 3 is 2.61 bits per heavy atom. The molecule has 0 saturated heterocycles. The second kappa shape index (κ2) is 7.54. The van der Waals surface area contributed by atoms with Gasteiger partial charge in [0, 0.05) is 12.7 Å². The Morgan fingerprint density at radius 1 is 1.32 bits per heavy atom. The Balaban J connectivity index is 2.11. The number of benzene rings is 1. The van der Waals surface area contributed by atoms with Crippen LogP contribution in [0.4, 0.5) is 4.39 Å². The third kappa shape index (κ3) is 3.58. The number of rotatable bonds is 5. The highest BCUT2D eigenvalue weighted by atomic mass is 35.5. The van der Waals surface area contributed by atoms with Crippen LogP contribution in [0.1, 0.15) is 21.7 Å². The van der Waals surface area contributed by atoms with Crippen molar-refractivity contribution in [2.75, 3.05) is 6.54 Å². The molecule has 10 heteroatoms. The molecule has 8 nitrogen and oxygen atoms in total. The standard InChI is InChI=1S/C18H12ClFN4O4/c19-11-8-24(7-9-1-3-10(20)4-2-9)16-12(5-21)23-15(17(27)14(11)16)18(28)22-6-13(25)26/h1-4,8,27H,6-7H2,(H,22,28)(H,25,26). The van der Waals surface area contributed by atoms with Crippen molar-refractivity contribution in [1.29, 1.82) is 5.26 Å². The summed E-state index contributed by atoms with van der Waals surface area (Å²) in [6, 6.07) is 7.54. The Kier molecular flexibility index (Phi) is 5.15. The number of carbonyl (C=O) groups excluding carboxylic acids is 1. The van der Waals surface area contributed by atoms with Crippen LogP contribution in [-0.4, -0.2) is 38.2 Å². The summed E-state index contributed by atoms with van der Waals surface area (Å²) in [5.74, 6) is -3.20. The lowest BCUT2D eigenvalue weighted by molar-refractivity contribution is -0.135. The molecule has 2 aromatic heterocycles. The van der Waals surface area contributed by atoms with Gasteiger partial charge < -0.3 is 20.1 Å². The summed E-state index contributed by atoms with van der Waals surface area (Å²) in [5.41, 5.74) is 0.222. The van der Waals surface area contributed by atoms with Crippen LogP contribution >= 0.6 is 11.6 Å². The Bertz CT molecular complexity index is 1140. The monoisotopic (exact) mass is 402 g/mol. The number of fused-ring (bicyclic) bond motifs is 1. The number of hydrogen-bond donors (Lipinski definition) is 3. The van der Waals surface area contributed by atoms with Crippen molar-refractivity contribution in [2.45, 2.75) is 6.54 Å². The lowest BCUT2D eigenvalue weighted by Gasteiger charge is -2.10. The van der Waals surface area contributed by atoms with Crippen molar-refractivity contribution in [3.63, 3.8) is 0 Å². The van der Waals surface area contributed by atoms with E-state index in [1.165, 1.54) is 18.3 Å². The van der Waals surface area contributed by atoms with Crippen molar-refractivity contribution < 1.29 is 24.2 Å². The zero-order valence-electron chi connectivity index (χ0n) is 14.1. The average molecular weight is 403 g/mol. The SMILES string of the molecule is N#Cc1nc(C(=O)NCC(=O)O)c(O)c2c(Cl)cn(Cc3ccc(F)cc3)c12. The molecule has 1 amide bonds. The maximum Gasteiger partial charge on any atom is 0.322 e. The number of aliphatic carboxylic acids is 1. The number of halogens is 2. The molecule has 0 atom stereocenters. The van der Waals surface area contributed by atoms with Crippen LogP contribution in [0.5, 0.6) is 5.75 Å². The van der Waals surface area contributed by atoms with Crippen LogP contribution in [0.2, 0.25) is 5.02 Å². The van der Waals surface area contributed by atoms with E-state index in [1.807, 2.05) is 6.07 Å². The number of amides is 1. The van der Waals surface area contributed by atoms with Gasteiger partial charge in [-0.15, -0.1) is 0 Å². The molecule has 1 aromatic carbocycles. The molecule has 0 radical (unpaired) electrons. The molecule has 0 spiro atoms. The van der Waals surface area contributed by atoms with Gasteiger partial charge in [-0.25, -0.2) is 9.37 Å². The van der Waals surface area contributed by atoms with Gasteiger partial charge in [-0.2, -0.15) is 5.26 Å². The molecule has 0 aliphatic carbocycles. The van der Waals surface area contributed by atoms with E-state index in [-0.39, 0.29) is 28.2 Å². The van der Waals surface area contributed by atoms with E-state index in [2.05, 4.69) is 10.3 Å². The minimum absolute atomic E-state index is 0.0378. The van der Waals surface area contributed by atoms with Gasteiger partial charge in [0.25, 0.3) is 5.91 Å². The fourth-order valence-electron chi connectivity index (χ4n) is 2.73. The smallest absolute Gasteiger partial charge is 0.322 e. The maximum absolute atomic E-state index is 13.1. The summed E-state index contributed by atoms with van der Waals surface area (Å²) < 4.78 is 14.6. The van der Waals surface area contributed by atoms with E-state index in [0.717, 1.165) is 0 Å². The van der Waals surface area contributed by atoms with Gasteiger partial charge in [-0.05, 0) is 17.7 Å². The summed E-state index contributed by atoms with van der Waals surface area (Å²) >= 11 is 6.20. The second-order valence-electron chi connectivity index (χ2n) is 5.80. The average Bonchev–Trinajstić information content (AvgIpc) is 2.99. The second-order valence-corrected chi connectivity index (χ2v) is 6.21. The molecule has 0 bridgehead atoms. The molecule has 2 heterocycles. The van der Waals surface area contributed by atoms with Crippen molar-refractivity contribution >= 4 is 34.4 Å². The van der Waals surface area contributed by atoms with Crippen LogP contribution in [0.3, 0.4) is 0 Å². The molecule has 3 N–H and O–H groups in total. The topological polar surface area (TPSA) is 128 Å². The molecule has 3 aromatic rings. The predicted octanol–water partition coefficient (Wildman–Crippen LogP) is 2.27. The normalized spacial score (nSPS) is 10.6. The molecule has 3 rings (SSSR count). The van der Waals surface area contributed by atoms with E-state index < -0.39 is 35.7 Å². The minimum Gasteiger partial charge on any atom is -0.505 e. The van der Waals surface area contributed by atoms with Crippen molar-refractivity contribution in [1.82, 2.24) is 14.9 Å². The molecule has 0 aliphatic heterocycles. The first-order valence-electron chi connectivity index (χ1n) is 7.87. The van der Waals surface area contributed by atoms with Crippen LogP contribution in [0.25, 0.3) is 10.9 Å². The highest BCUT2D eigenvalue weighted by Crippen LogP contribution is 2.37. The Morgan fingerprint density at radius 2 is 2.00 bits per heavy atom. The molecule has 0 aliphatic rings. The summed E-state index contributed by atoms with van der Waals surface area (Å²) in [4.78, 5) is 26.6. The fourth-order valence-corrected chi connectivity index (χ4v) is 3.02. The number of aromatic nitrogens is 2. The van der Waals surface area contributed by atoms with Gasteiger partial charge in [-0.1, -0.05) is 23.7 Å². The first-order valence-corrected chi connectivity index (χ1v) is 8.25. The third-order valence-corrected chi connectivity index (χ3v) is 4.21. The zero-order valence-corrected chi connectivity index (χ0v) is 14.9. The zero-order chi connectivity index (χ0) is 20.4. The first-order chi connectivity index (χ1) is 13.3. The Hall–Kier alpha value is -3.64. The first kappa shape index (κ1) is 19.1. The minimum atomic E-state index is -1.28. The molecule has 0 unspecified atom stereocenters. The Labute approximate surface area is 162 Å². The molecular formula is C18H12ClFN4O4. The van der Waals surface area contributed by atoms with Gasteiger partial charge in [0.2, 0.25) is 0 Å². The summed E-state index contributed by atoms with van der Waals surface area (Å²) in [6.45, 7) is -0.469. The maximum atomic E-state index is 13.1.